The topological polar surface area (TPSA) is 88.5 Å². The first-order valence-electron chi connectivity index (χ1n) is 5.91. The van der Waals surface area contributed by atoms with Gasteiger partial charge in [0.05, 0.1) is 11.3 Å². The Morgan fingerprint density at radius 2 is 2.00 bits per heavy atom. The van der Waals surface area contributed by atoms with Gasteiger partial charge in [-0.25, -0.2) is 9.78 Å². The number of para-hydroxylation sites is 2. The quantitative estimate of drug-likeness (QED) is 0.847. The van der Waals surface area contributed by atoms with Gasteiger partial charge in [-0.15, -0.1) is 0 Å². The fraction of sp³-hybridized carbons (Fsp3) is 0.0714. The first-order valence-corrected chi connectivity index (χ1v) is 6.29. The van der Waals surface area contributed by atoms with Gasteiger partial charge < -0.3 is 15.2 Å². The number of rotatable bonds is 4. The number of ether oxygens (including phenoxy) is 1. The van der Waals surface area contributed by atoms with Gasteiger partial charge in [-0.3, -0.25) is 4.79 Å². The third-order valence-corrected chi connectivity index (χ3v) is 2.62. The van der Waals surface area contributed by atoms with E-state index in [0.717, 1.165) is 0 Å². The van der Waals surface area contributed by atoms with Crippen LogP contribution in [0.4, 0.5) is 5.69 Å². The second-order valence-corrected chi connectivity index (χ2v) is 4.49. The molecule has 0 spiro atoms. The number of hydrogen-bond donors (Lipinski definition) is 2. The van der Waals surface area contributed by atoms with Crippen LogP contribution in [-0.2, 0) is 4.79 Å². The van der Waals surface area contributed by atoms with Crippen LogP contribution in [0.3, 0.4) is 0 Å². The van der Waals surface area contributed by atoms with E-state index in [0.29, 0.717) is 11.4 Å². The SMILES string of the molecule is CC(=O)Nc1ccccc1Oc1cc(C(=O)O)cc(Cl)n1. The Balaban J connectivity index is 2.34. The molecule has 7 heteroatoms. The molecule has 0 aliphatic rings. The van der Waals surface area contributed by atoms with Crippen LogP contribution in [0.1, 0.15) is 17.3 Å². The molecule has 21 heavy (non-hydrogen) atoms. The Morgan fingerprint density at radius 1 is 1.29 bits per heavy atom. The number of anilines is 1. The second kappa shape index (κ2) is 6.23. The summed E-state index contributed by atoms with van der Waals surface area (Å²) in [6, 6.07) is 9.18. The Bertz CT molecular complexity index is 703. The Hall–Kier alpha value is -2.60. The maximum Gasteiger partial charge on any atom is 0.335 e. The van der Waals surface area contributed by atoms with Crippen LogP contribution in [0.25, 0.3) is 0 Å². The first kappa shape index (κ1) is 14.8. The number of carboxylic acids is 1. The Labute approximate surface area is 125 Å². The van der Waals surface area contributed by atoms with Crippen molar-refractivity contribution < 1.29 is 19.4 Å². The zero-order chi connectivity index (χ0) is 15.4. The number of aromatic carboxylic acids is 1. The highest BCUT2D eigenvalue weighted by Gasteiger charge is 2.11. The molecule has 0 unspecified atom stereocenters. The zero-order valence-corrected chi connectivity index (χ0v) is 11.7. The predicted molar refractivity (Wildman–Crippen MR) is 77.0 cm³/mol. The number of halogens is 1. The number of carboxylic acid groups (broad SMARTS) is 1. The summed E-state index contributed by atoms with van der Waals surface area (Å²) in [5.74, 6) is -1.04. The maximum absolute atomic E-state index is 11.1. The maximum atomic E-state index is 11.1. The summed E-state index contributed by atoms with van der Waals surface area (Å²) in [6.07, 6.45) is 0. The van der Waals surface area contributed by atoms with Crippen molar-refractivity contribution in [1.29, 1.82) is 0 Å². The van der Waals surface area contributed by atoms with E-state index in [1.54, 1.807) is 24.3 Å². The zero-order valence-electron chi connectivity index (χ0n) is 11.0. The molecule has 0 atom stereocenters. The number of hydrogen-bond acceptors (Lipinski definition) is 4. The molecule has 6 nitrogen and oxygen atoms in total. The summed E-state index contributed by atoms with van der Waals surface area (Å²) in [5, 5.41) is 11.6. The molecule has 0 fully saturated rings. The molecular weight excluding hydrogens is 296 g/mol. The van der Waals surface area contributed by atoms with E-state index in [9.17, 15) is 9.59 Å². The van der Waals surface area contributed by atoms with Crippen molar-refractivity contribution in [1.82, 2.24) is 4.98 Å². The van der Waals surface area contributed by atoms with E-state index in [1.165, 1.54) is 19.1 Å². The number of nitrogens with zero attached hydrogens (tertiary/aromatic N) is 1. The van der Waals surface area contributed by atoms with Crippen LogP contribution in [0, 0.1) is 0 Å². The van der Waals surface area contributed by atoms with Gasteiger partial charge in [-0.2, -0.15) is 0 Å². The molecule has 2 N–H and O–H groups in total. The minimum Gasteiger partial charge on any atom is -0.478 e. The molecule has 0 aliphatic heterocycles. The van der Waals surface area contributed by atoms with Crippen LogP contribution in [-0.4, -0.2) is 22.0 Å². The van der Waals surface area contributed by atoms with Crippen molar-refractivity contribution in [2.45, 2.75) is 6.92 Å². The molecule has 0 saturated heterocycles. The highest BCUT2D eigenvalue weighted by molar-refractivity contribution is 6.29. The summed E-state index contributed by atoms with van der Waals surface area (Å²) in [7, 11) is 0. The van der Waals surface area contributed by atoms with Crippen LogP contribution >= 0.6 is 11.6 Å². The molecule has 1 heterocycles. The lowest BCUT2D eigenvalue weighted by Gasteiger charge is -2.11. The Kier molecular flexibility index (Phi) is 4.39. The number of aromatic nitrogens is 1. The summed E-state index contributed by atoms with van der Waals surface area (Å²) in [5.41, 5.74) is 0.408. The van der Waals surface area contributed by atoms with E-state index in [1.807, 2.05) is 0 Å². The van der Waals surface area contributed by atoms with Gasteiger partial charge in [-0.05, 0) is 18.2 Å². The average Bonchev–Trinajstić information content (AvgIpc) is 2.39. The molecule has 1 aromatic carbocycles. The van der Waals surface area contributed by atoms with Crippen LogP contribution in [0.2, 0.25) is 5.15 Å². The summed E-state index contributed by atoms with van der Waals surface area (Å²) in [6.45, 7) is 1.37. The van der Waals surface area contributed by atoms with Crippen LogP contribution < -0.4 is 10.1 Å². The van der Waals surface area contributed by atoms with E-state index >= 15 is 0 Å². The fourth-order valence-corrected chi connectivity index (χ4v) is 1.81. The van der Waals surface area contributed by atoms with Crippen molar-refractivity contribution in [2.24, 2.45) is 0 Å². The van der Waals surface area contributed by atoms with Crippen molar-refractivity contribution in [3.05, 3.63) is 47.1 Å². The molecule has 0 saturated carbocycles. The van der Waals surface area contributed by atoms with Gasteiger partial charge in [0.1, 0.15) is 5.15 Å². The number of nitrogens with one attached hydrogen (secondary N) is 1. The third kappa shape index (κ3) is 3.93. The molecule has 1 aromatic heterocycles. The molecule has 0 aliphatic carbocycles. The number of benzene rings is 1. The largest absolute Gasteiger partial charge is 0.478 e. The predicted octanol–water partition coefficient (Wildman–Crippen LogP) is 3.18. The lowest BCUT2D eigenvalue weighted by Crippen LogP contribution is -2.07. The first-order chi connectivity index (χ1) is 9.95. The van der Waals surface area contributed by atoms with Gasteiger partial charge in [0, 0.05) is 13.0 Å². The molecule has 2 aromatic rings. The summed E-state index contributed by atoms with van der Waals surface area (Å²) >= 11 is 5.76. The highest BCUT2D eigenvalue weighted by atomic mass is 35.5. The minimum atomic E-state index is -1.14. The number of amides is 1. The lowest BCUT2D eigenvalue weighted by atomic mass is 10.2. The van der Waals surface area contributed by atoms with Gasteiger partial charge in [-0.1, -0.05) is 23.7 Å². The fourth-order valence-electron chi connectivity index (χ4n) is 1.61. The van der Waals surface area contributed by atoms with E-state index < -0.39 is 5.97 Å². The normalized spacial score (nSPS) is 10.0. The summed E-state index contributed by atoms with van der Waals surface area (Å²) < 4.78 is 5.51. The van der Waals surface area contributed by atoms with Crippen molar-refractivity contribution in [3.63, 3.8) is 0 Å². The van der Waals surface area contributed by atoms with Gasteiger partial charge >= 0.3 is 5.97 Å². The van der Waals surface area contributed by atoms with E-state index in [4.69, 9.17) is 21.4 Å². The van der Waals surface area contributed by atoms with Crippen molar-refractivity contribution in [2.75, 3.05) is 5.32 Å². The number of carbonyl (C=O) groups is 2. The molecule has 2 rings (SSSR count). The summed E-state index contributed by atoms with van der Waals surface area (Å²) in [4.78, 5) is 26.0. The minimum absolute atomic E-state index is 0.00177. The van der Waals surface area contributed by atoms with Crippen molar-refractivity contribution >= 4 is 29.2 Å². The third-order valence-electron chi connectivity index (χ3n) is 2.43. The lowest BCUT2D eigenvalue weighted by molar-refractivity contribution is -0.114. The second-order valence-electron chi connectivity index (χ2n) is 4.10. The monoisotopic (exact) mass is 306 g/mol. The van der Waals surface area contributed by atoms with E-state index in [-0.39, 0.29) is 22.5 Å². The average molecular weight is 307 g/mol. The molecule has 0 bridgehead atoms. The van der Waals surface area contributed by atoms with Crippen LogP contribution in [0.5, 0.6) is 11.6 Å². The molecule has 1 amide bonds. The van der Waals surface area contributed by atoms with Crippen LogP contribution in [0.15, 0.2) is 36.4 Å². The molecule has 108 valence electrons. The molecular formula is C14H11ClN2O4. The van der Waals surface area contributed by atoms with Gasteiger partial charge in [0.25, 0.3) is 0 Å². The van der Waals surface area contributed by atoms with Gasteiger partial charge in [0.15, 0.2) is 5.75 Å². The number of pyridine rings is 1. The smallest absolute Gasteiger partial charge is 0.335 e. The standard InChI is InChI=1S/C14H11ClN2O4/c1-8(18)16-10-4-2-3-5-11(10)21-13-7-9(14(19)20)6-12(15)17-13/h2-7H,1H3,(H,16,18)(H,19,20). The van der Waals surface area contributed by atoms with E-state index in [2.05, 4.69) is 10.3 Å². The highest BCUT2D eigenvalue weighted by Crippen LogP contribution is 2.29. The number of carbonyl (C=O) groups excluding carboxylic acids is 1. The molecule has 0 radical (unpaired) electrons. The Morgan fingerprint density at radius 3 is 2.67 bits per heavy atom. The van der Waals surface area contributed by atoms with Gasteiger partial charge in [0.2, 0.25) is 11.8 Å². The van der Waals surface area contributed by atoms with Crippen molar-refractivity contribution in [3.8, 4) is 11.6 Å².